The summed E-state index contributed by atoms with van der Waals surface area (Å²) >= 11 is 2.15. The van der Waals surface area contributed by atoms with E-state index >= 15 is 0 Å². The molecule has 0 spiro atoms. The number of esters is 2. The molecule has 2 N–H and O–H groups in total. The number of ether oxygens (including phenoxy) is 2. The van der Waals surface area contributed by atoms with Crippen molar-refractivity contribution in [3.63, 3.8) is 0 Å². The number of carbonyl (C=O) groups excluding carboxylic acids is 2. The lowest BCUT2D eigenvalue weighted by Gasteiger charge is -2.60. The van der Waals surface area contributed by atoms with Crippen LogP contribution in [0.5, 0.6) is 0 Å². The highest BCUT2D eigenvalue weighted by atomic mass is 127. The number of benzene rings is 1. The van der Waals surface area contributed by atoms with Gasteiger partial charge in [-0.15, -0.1) is 0 Å². The Balaban J connectivity index is 1.42. The first-order valence-electron chi connectivity index (χ1n) is 12.2. The fraction of sp³-hybridized carbons (Fsp3) is 0.692. The number of hydrogen-bond donors (Lipinski definition) is 1. The van der Waals surface area contributed by atoms with Crippen LogP contribution in [-0.4, -0.2) is 34.1 Å². The lowest BCUT2D eigenvalue weighted by molar-refractivity contribution is -0.668. The molecule has 2 unspecified atom stereocenters. The lowest BCUT2D eigenvalue weighted by atomic mass is 9.48. The summed E-state index contributed by atoms with van der Waals surface area (Å²) in [6.45, 7) is 5.72. The number of halogens is 1. The van der Waals surface area contributed by atoms with Crippen LogP contribution >= 0.6 is 22.6 Å². The van der Waals surface area contributed by atoms with Gasteiger partial charge in [-0.25, -0.2) is 0 Å². The van der Waals surface area contributed by atoms with Crippen molar-refractivity contribution in [2.45, 2.75) is 79.8 Å². The molecule has 32 heavy (non-hydrogen) atoms. The van der Waals surface area contributed by atoms with E-state index in [9.17, 15) is 9.59 Å². The van der Waals surface area contributed by atoms with Crippen molar-refractivity contribution >= 4 is 34.5 Å². The SMILES string of the molecule is CC(C)(I)C(=O)OC12CC3CC(C1)CC(C(=O)OC1(c4ccccc4)CC[NH2+]CC1)(C3)C2. The molecule has 2 atom stereocenters. The minimum Gasteiger partial charge on any atom is -0.458 e. The summed E-state index contributed by atoms with van der Waals surface area (Å²) in [6.07, 6.45) is 7.02. The maximum atomic E-state index is 14.0. The number of hydrogen-bond acceptors (Lipinski definition) is 4. The molecule has 4 saturated carbocycles. The van der Waals surface area contributed by atoms with Crippen molar-refractivity contribution in [2.75, 3.05) is 13.1 Å². The van der Waals surface area contributed by atoms with E-state index in [1.807, 2.05) is 32.0 Å². The van der Waals surface area contributed by atoms with Crippen LogP contribution in [-0.2, 0) is 24.7 Å². The molecule has 4 aliphatic carbocycles. The third kappa shape index (κ3) is 3.99. The van der Waals surface area contributed by atoms with Crippen LogP contribution in [0.2, 0.25) is 0 Å². The number of rotatable bonds is 5. The first-order valence-corrected chi connectivity index (χ1v) is 13.2. The standard InChI is InChI=1S/C26H34INO4/c1-23(2,27)21(29)31-25-15-18-12-19(16-25)14-24(13-18,17-25)22(30)32-26(8-10-28-11-9-26)20-6-4-3-5-7-20/h3-7,18-19,28H,8-17H2,1-2H3/p+1. The number of quaternary nitrogens is 1. The maximum absolute atomic E-state index is 14.0. The summed E-state index contributed by atoms with van der Waals surface area (Å²) in [6, 6.07) is 10.3. The highest BCUT2D eigenvalue weighted by Crippen LogP contribution is 2.63. The number of alkyl halides is 1. The second-order valence-corrected chi connectivity index (χ2v) is 14.1. The highest BCUT2D eigenvalue weighted by Gasteiger charge is 2.64. The predicted molar refractivity (Wildman–Crippen MR) is 129 cm³/mol. The van der Waals surface area contributed by atoms with E-state index in [2.05, 4.69) is 40.0 Å². The Morgan fingerprint density at radius 1 is 1.00 bits per heavy atom. The third-order valence-electron chi connectivity index (χ3n) is 8.33. The van der Waals surface area contributed by atoms with Gasteiger partial charge in [0.15, 0.2) is 0 Å². The summed E-state index contributed by atoms with van der Waals surface area (Å²) in [4.78, 5) is 26.8. The van der Waals surface area contributed by atoms with Crippen molar-refractivity contribution in [3.05, 3.63) is 35.9 Å². The van der Waals surface area contributed by atoms with Gasteiger partial charge in [-0.2, -0.15) is 0 Å². The normalized spacial score (nSPS) is 35.3. The summed E-state index contributed by atoms with van der Waals surface area (Å²) in [5.41, 5.74) is -0.435. The first kappa shape index (κ1) is 22.6. The lowest BCUT2D eigenvalue weighted by Crippen LogP contribution is -2.87. The van der Waals surface area contributed by atoms with E-state index in [4.69, 9.17) is 9.47 Å². The van der Waals surface area contributed by atoms with Gasteiger partial charge >= 0.3 is 11.9 Å². The van der Waals surface area contributed by atoms with E-state index in [0.717, 1.165) is 63.6 Å². The first-order chi connectivity index (χ1) is 15.1. The minimum atomic E-state index is -0.565. The van der Waals surface area contributed by atoms with Crippen molar-refractivity contribution < 1.29 is 24.4 Å². The van der Waals surface area contributed by atoms with Gasteiger partial charge in [0.2, 0.25) is 0 Å². The third-order valence-corrected chi connectivity index (χ3v) is 8.77. The molecule has 1 aliphatic heterocycles. The van der Waals surface area contributed by atoms with Crippen LogP contribution in [0, 0.1) is 17.3 Å². The maximum Gasteiger partial charge on any atom is 0.322 e. The summed E-state index contributed by atoms with van der Waals surface area (Å²) in [7, 11) is 0. The molecule has 0 amide bonds. The largest absolute Gasteiger partial charge is 0.458 e. The van der Waals surface area contributed by atoms with Crippen molar-refractivity contribution in [2.24, 2.45) is 17.3 Å². The summed E-state index contributed by atoms with van der Waals surface area (Å²) in [5, 5.41) is 2.31. The van der Waals surface area contributed by atoms with Crippen molar-refractivity contribution in [1.29, 1.82) is 0 Å². The second-order valence-electron chi connectivity index (χ2n) is 11.4. The fourth-order valence-corrected chi connectivity index (χ4v) is 7.38. The molecule has 1 heterocycles. The Kier molecular flexibility index (Phi) is 5.63. The van der Waals surface area contributed by atoms with Gasteiger partial charge in [-0.05, 0) is 63.4 Å². The molecule has 1 aromatic carbocycles. The molecule has 174 valence electrons. The van der Waals surface area contributed by atoms with Gasteiger partial charge in [0.25, 0.3) is 0 Å². The number of piperidine rings is 1. The van der Waals surface area contributed by atoms with E-state index in [1.165, 1.54) is 0 Å². The molecular weight excluding hydrogens is 517 g/mol. The van der Waals surface area contributed by atoms with Gasteiger partial charge in [0, 0.05) is 19.3 Å². The van der Waals surface area contributed by atoms with E-state index < -0.39 is 20.0 Å². The Hall–Kier alpha value is -1.15. The topological polar surface area (TPSA) is 69.2 Å². The number of nitrogens with two attached hydrogens (primary N) is 1. The number of carbonyl (C=O) groups is 2. The molecule has 6 heteroatoms. The Morgan fingerprint density at radius 2 is 1.62 bits per heavy atom. The Bertz CT molecular complexity index is 873. The van der Waals surface area contributed by atoms with Crippen LogP contribution in [0.4, 0.5) is 0 Å². The van der Waals surface area contributed by atoms with Crippen LogP contribution in [0.25, 0.3) is 0 Å². The average Bonchev–Trinajstić information content (AvgIpc) is 2.73. The molecule has 0 radical (unpaired) electrons. The fourth-order valence-electron chi connectivity index (χ4n) is 7.27. The quantitative estimate of drug-likeness (QED) is 0.342. The molecule has 6 rings (SSSR count). The predicted octanol–water partition coefficient (Wildman–Crippen LogP) is 3.88. The highest BCUT2D eigenvalue weighted by molar-refractivity contribution is 14.1. The van der Waals surface area contributed by atoms with Crippen molar-refractivity contribution in [1.82, 2.24) is 0 Å². The van der Waals surface area contributed by atoms with Crippen LogP contribution < -0.4 is 5.32 Å². The molecule has 5 fully saturated rings. The van der Waals surface area contributed by atoms with Gasteiger partial charge in [-0.3, -0.25) is 9.59 Å². The smallest absolute Gasteiger partial charge is 0.322 e. The van der Waals surface area contributed by atoms with Crippen molar-refractivity contribution in [3.8, 4) is 0 Å². The van der Waals surface area contributed by atoms with Gasteiger partial charge < -0.3 is 14.8 Å². The molecule has 5 nitrogen and oxygen atoms in total. The van der Waals surface area contributed by atoms with Gasteiger partial charge in [0.05, 0.1) is 18.5 Å². The van der Waals surface area contributed by atoms with Gasteiger partial charge in [-0.1, -0.05) is 52.9 Å². The second kappa shape index (κ2) is 7.97. The van der Waals surface area contributed by atoms with E-state index in [-0.39, 0.29) is 11.9 Å². The molecule has 4 bridgehead atoms. The molecule has 0 aromatic heterocycles. The molecule has 5 aliphatic rings. The Morgan fingerprint density at radius 3 is 2.22 bits per heavy atom. The van der Waals surface area contributed by atoms with Crippen LogP contribution in [0.3, 0.4) is 0 Å². The molecular formula is C26H35INO4+. The zero-order valence-electron chi connectivity index (χ0n) is 19.2. The molecule has 1 saturated heterocycles. The zero-order valence-corrected chi connectivity index (χ0v) is 21.4. The zero-order chi connectivity index (χ0) is 22.6. The monoisotopic (exact) mass is 552 g/mol. The average molecular weight is 552 g/mol. The summed E-state index contributed by atoms with van der Waals surface area (Å²) in [5.74, 6) is 0.682. The molecule has 1 aromatic rings. The van der Waals surface area contributed by atoms with Crippen LogP contribution in [0.15, 0.2) is 30.3 Å². The minimum absolute atomic E-state index is 0.0495. The van der Waals surface area contributed by atoms with Gasteiger partial charge in [0.1, 0.15) is 14.6 Å². The van der Waals surface area contributed by atoms with Crippen LogP contribution in [0.1, 0.15) is 70.8 Å². The van der Waals surface area contributed by atoms with E-state index in [0.29, 0.717) is 18.3 Å². The van der Waals surface area contributed by atoms with E-state index in [1.54, 1.807) is 0 Å². The summed E-state index contributed by atoms with van der Waals surface area (Å²) < 4.78 is 12.2. The Labute approximate surface area is 204 Å².